The Morgan fingerprint density at radius 2 is 1.76 bits per heavy atom. The van der Waals surface area contributed by atoms with Crippen molar-refractivity contribution in [2.24, 2.45) is 0 Å². The molecule has 5 rings (SSSR count). The van der Waals surface area contributed by atoms with Gasteiger partial charge in [-0.25, -0.2) is 0 Å². The van der Waals surface area contributed by atoms with Gasteiger partial charge in [0.2, 0.25) is 5.69 Å². The summed E-state index contributed by atoms with van der Waals surface area (Å²) in [6.45, 7) is 4.98. The average molecular weight is 690 g/mol. The number of ether oxygens (including phenoxy) is 2. The fourth-order valence-electron chi connectivity index (χ4n) is 5.65. The van der Waals surface area contributed by atoms with Gasteiger partial charge in [-0.2, -0.15) is 17.9 Å². The number of fused-ring (bicyclic) bond motifs is 1. The number of anilines is 2. The Labute approximate surface area is 288 Å². The summed E-state index contributed by atoms with van der Waals surface area (Å²) in [5.74, 6) is -1.95. The number of hydrogen-bond acceptors (Lipinski definition) is 6. The summed E-state index contributed by atoms with van der Waals surface area (Å²) in [6.07, 6.45) is -1.64. The van der Waals surface area contributed by atoms with E-state index in [1.807, 2.05) is 12.1 Å². The molecule has 0 spiro atoms. The first-order chi connectivity index (χ1) is 24.0. The van der Waals surface area contributed by atoms with Crippen molar-refractivity contribution in [3.8, 4) is 16.9 Å². The number of aryl methyl sites for hydroxylation is 1. The van der Waals surface area contributed by atoms with E-state index in [1.54, 1.807) is 61.5 Å². The summed E-state index contributed by atoms with van der Waals surface area (Å²) >= 11 is 0. The highest BCUT2D eigenvalue weighted by atomic mass is 19.4. The van der Waals surface area contributed by atoms with Gasteiger partial charge in [-0.3, -0.25) is 9.59 Å². The Hall–Kier alpha value is -5.20. The molecular weight excluding hydrogens is 651 g/mol. The molecule has 0 fully saturated rings. The zero-order chi connectivity index (χ0) is 35.8. The maximum absolute atomic E-state index is 13.7. The number of aliphatic hydroxyl groups is 1. The molecular formula is C38H38F3N3O6. The standard InChI is InChI=1S/C38H38F3N3O6/c1-3-4-19-49-20-21-50-31-12-8-26(9-13-31)27-10-15-33-29(23-27)24-28(16-18-43(33)37(47)38(39,40)41)36(46)42-30-11-14-32(25(2)22-30)35(45)34-7-5-6-17-44(34)48/h5-15,17,22-24,35,45H,3-4,16,18-21H2,1-2H3,(H,42,46). The lowest BCUT2D eigenvalue weighted by molar-refractivity contribution is -0.617. The molecule has 9 nitrogen and oxygen atoms in total. The number of halogens is 3. The maximum atomic E-state index is 13.7. The molecule has 1 unspecified atom stereocenters. The van der Waals surface area contributed by atoms with Crippen molar-refractivity contribution in [3.05, 3.63) is 118 Å². The molecule has 12 heteroatoms. The monoisotopic (exact) mass is 689 g/mol. The number of benzene rings is 3. The number of hydrogen-bond donors (Lipinski definition) is 2. The normalized spacial score (nSPS) is 13.6. The first-order valence-corrected chi connectivity index (χ1v) is 16.3. The molecule has 2 N–H and O–H groups in total. The number of rotatable bonds is 12. The fourth-order valence-corrected chi connectivity index (χ4v) is 5.65. The van der Waals surface area contributed by atoms with Crippen molar-refractivity contribution in [1.29, 1.82) is 0 Å². The quantitative estimate of drug-likeness (QED) is 0.0951. The van der Waals surface area contributed by atoms with Gasteiger partial charge in [-0.15, -0.1) is 0 Å². The summed E-state index contributed by atoms with van der Waals surface area (Å²) < 4.78 is 52.8. The molecule has 0 bridgehead atoms. The molecule has 2 amide bonds. The van der Waals surface area contributed by atoms with Crippen LogP contribution in [0.4, 0.5) is 24.5 Å². The van der Waals surface area contributed by atoms with Crippen LogP contribution in [0.1, 0.15) is 54.7 Å². The van der Waals surface area contributed by atoms with Crippen LogP contribution in [-0.4, -0.2) is 49.5 Å². The first kappa shape index (κ1) is 36.1. The van der Waals surface area contributed by atoms with E-state index in [4.69, 9.17) is 9.47 Å². The molecule has 4 aromatic rings. The Morgan fingerprint density at radius 1 is 1.00 bits per heavy atom. The van der Waals surface area contributed by atoms with Gasteiger partial charge in [0, 0.05) is 36.5 Å². The van der Waals surface area contributed by atoms with Gasteiger partial charge < -0.3 is 30.0 Å². The molecule has 1 aliphatic rings. The molecule has 3 aromatic carbocycles. The number of nitrogens with one attached hydrogen (secondary N) is 1. The van der Waals surface area contributed by atoms with Crippen LogP contribution in [0.25, 0.3) is 17.2 Å². The van der Waals surface area contributed by atoms with Crippen molar-refractivity contribution in [3.63, 3.8) is 0 Å². The average Bonchev–Trinajstić information content (AvgIpc) is 3.29. The van der Waals surface area contributed by atoms with Crippen molar-refractivity contribution in [1.82, 2.24) is 0 Å². The molecule has 1 aromatic heterocycles. The van der Waals surface area contributed by atoms with Crippen LogP contribution in [0.2, 0.25) is 0 Å². The van der Waals surface area contributed by atoms with Crippen molar-refractivity contribution < 1.29 is 42.1 Å². The van der Waals surface area contributed by atoms with E-state index in [0.717, 1.165) is 18.4 Å². The summed E-state index contributed by atoms with van der Waals surface area (Å²) in [7, 11) is 0. The Kier molecular flexibility index (Phi) is 11.6. The van der Waals surface area contributed by atoms with Crippen molar-refractivity contribution >= 4 is 29.3 Å². The van der Waals surface area contributed by atoms with Gasteiger partial charge in [0.25, 0.3) is 5.91 Å². The molecule has 2 heterocycles. The third-order valence-corrected chi connectivity index (χ3v) is 8.31. The SMILES string of the molecule is CCCCOCCOc1ccc(-c2ccc3c(c2)C=C(C(=O)Nc2ccc(C(O)c4cccc[n+]4[O-])c(C)c2)CCN3C(=O)C(F)(F)F)cc1. The summed E-state index contributed by atoms with van der Waals surface area (Å²) in [5, 5.41) is 25.8. The third kappa shape index (κ3) is 8.68. The molecule has 50 heavy (non-hydrogen) atoms. The van der Waals surface area contributed by atoms with E-state index >= 15 is 0 Å². The lowest BCUT2D eigenvalue weighted by Gasteiger charge is -2.24. The molecule has 0 saturated heterocycles. The smallest absolute Gasteiger partial charge is 0.471 e. The van der Waals surface area contributed by atoms with Crippen molar-refractivity contribution in [2.45, 2.75) is 45.4 Å². The number of aromatic nitrogens is 1. The zero-order valence-corrected chi connectivity index (χ0v) is 27.7. The number of alkyl halides is 3. The minimum Gasteiger partial charge on any atom is -0.618 e. The van der Waals surface area contributed by atoms with Gasteiger partial charge in [-0.05, 0) is 96.1 Å². The Morgan fingerprint density at radius 3 is 2.46 bits per heavy atom. The second kappa shape index (κ2) is 16.0. The lowest BCUT2D eigenvalue weighted by Crippen LogP contribution is -2.42. The van der Waals surface area contributed by atoms with Crippen LogP contribution < -0.4 is 19.7 Å². The van der Waals surface area contributed by atoms with Crippen LogP contribution in [0.5, 0.6) is 5.75 Å². The number of amides is 2. The predicted molar refractivity (Wildman–Crippen MR) is 183 cm³/mol. The number of unbranched alkanes of at least 4 members (excludes halogenated alkanes) is 1. The van der Waals surface area contributed by atoms with Gasteiger partial charge in [-0.1, -0.05) is 37.6 Å². The second-order valence-corrected chi connectivity index (χ2v) is 11.9. The maximum Gasteiger partial charge on any atom is 0.471 e. The van der Waals surface area contributed by atoms with Gasteiger partial charge in [0.05, 0.1) is 12.3 Å². The highest BCUT2D eigenvalue weighted by molar-refractivity contribution is 6.09. The summed E-state index contributed by atoms with van der Waals surface area (Å²) in [5.41, 5.74) is 3.48. The van der Waals surface area contributed by atoms with E-state index in [1.165, 1.54) is 24.4 Å². The number of aliphatic hydroxyl groups excluding tert-OH is 1. The van der Waals surface area contributed by atoms with E-state index in [0.29, 0.717) is 57.6 Å². The van der Waals surface area contributed by atoms with Crippen LogP contribution in [-0.2, 0) is 14.3 Å². The largest absolute Gasteiger partial charge is 0.618 e. The Balaban J connectivity index is 1.37. The topological polar surface area (TPSA) is 115 Å². The van der Waals surface area contributed by atoms with Crippen molar-refractivity contribution in [2.75, 3.05) is 36.6 Å². The van der Waals surface area contributed by atoms with E-state index < -0.39 is 24.1 Å². The highest BCUT2D eigenvalue weighted by Gasteiger charge is 2.44. The van der Waals surface area contributed by atoms with Gasteiger partial charge in [0.1, 0.15) is 12.4 Å². The molecule has 1 atom stereocenters. The number of carbonyl (C=O) groups is 2. The second-order valence-electron chi connectivity index (χ2n) is 11.9. The van der Waals surface area contributed by atoms with E-state index in [2.05, 4.69) is 12.2 Å². The highest BCUT2D eigenvalue weighted by Crippen LogP contribution is 2.35. The Bertz CT molecular complexity index is 1860. The number of carbonyl (C=O) groups excluding carboxylic acids is 2. The molecule has 0 aliphatic carbocycles. The number of pyridine rings is 1. The molecule has 0 saturated carbocycles. The van der Waals surface area contributed by atoms with Crippen LogP contribution in [0, 0.1) is 12.1 Å². The lowest BCUT2D eigenvalue weighted by atomic mass is 9.99. The van der Waals surface area contributed by atoms with E-state index in [-0.39, 0.29) is 35.5 Å². The fraction of sp³-hybridized carbons (Fsp3) is 0.289. The van der Waals surface area contributed by atoms with E-state index in [9.17, 15) is 33.1 Å². The van der Waals surface area contributed by atoms with Gasteiger partial charge >= 0.3 is 12.1 Å². The summed E-state index contributed by atoms with van der Waals surface area (Å²) in [4.78, 5) is 26.7. The third-order valence-electron chi connectivity index (χ3n) is 8.31. The van der Waals surface area contributed by atoms with Crippen LogP contribution in [0.15, 0.2) is 90.6 Å². The number of nitrogens with zero attached hydrogens (tertiary/aromatic N) is 2. The molecule has 1 aliphatic heterocycles. The molecule has 262 valence electrons. The minimum atomic E-state index is -5.12. The zero-order valence-electron chi connectivity index (χ0n) is 27.7. The molecule has 0 radical (unpaired) electrons. The first-order valence-electron chi connectivity index (χ1n) is 16.3. The minimum absolute atomic E-state index is 0.0348. The van der Waals surface area contributed by atoms with Crippen LogP contribution >= 0.6 is 0 Å². The summed E-state index contributed by atoms with van der Waals surface area (Å²) in [6, 6.07) is 21.4. The predicted octanol–water partition coefficient (Wildman–Crippen LogP) is 6.89. The van der Waals surface area contributed by atoms with Gasteiger partial charge in [0.15, 0.2) is 12.3 Å². The van der Waals surface area contributed by atoms with Crippen LogP contribution in [0.3, 0.4) is 0 Å².